The zero-order valence-electron chi connectivity index (χ0n) is 17.5. The molecule has 2 aliphatic rings. The smallest absolute Gasteiger partial charge is 0.431 e. The summed E-state index contributed by atoms with van der Waals surface area (Å²) in [5, 5.41) is 3.73. The van der Waals surface area contributed by atoms with E-state index in [0.29, 0.717) is 30.3 Å². The summed E-state index contributed by atoms with van der Waals surface area (Å²) in [4.78, 5) is 13.0. The lowest BCUT2D eigenvalue weighted by molar-refractivity contribution is -0.140. The topological polar surface area (TPSA) is 75.3 Å². The third-order valence-electron chi connectivity index (χ3n) is 6.26. The number of fused-ring (bicyclic) bond motifs is 2. The van der Waals surface area contributed by atoms with Crippen molar-refractivity contribution in [1.82, 2.24) is 19.9 Å². The molecule has 7 nitrogen and oxygen atoms in total. The van der Waals surface area contributed by atoms with E-state index in [2.05, 4.69) is 25.2 Å². The van der Waals surface area contributed by atoms with Gasteiger partial charge < -0.3 is 19.8 Å². The van der Waals surface area contributed by atoms with Crippen LogP contribution in [0.25, 0.3) is 11.0 Å². The highest BCUT2D eigenvalue weighted by Crippen LogP contribution is 2.39. The van der Waals surface area contributed by atoms with Gasteiger partial charge in [0.2, 0.25) is 0 Å². The van der Waals surface area contributed by atoms with Gasteiger partial charge in [-0.15, -0.1) is 0 Å². The molecule has 0 saturated carbocycles. The number of hydrogen-bond acceptors (Lipinski definition) is 6. The van der Waals surface area contributed by atoms with Crippen LogP contribution < -0.4 is 10.1 Å². The summed E-state index contributed by atoms with van der Waals surface area (Å²) in [6, 6.07) is 8.59. The summed E-state index contributed by atoms with van der Waals surface area (Å²) in [6.07, 6.45) is -2.19. The summed E-state index contributed by atoms with van der Waals surface area (Å²) < 4.78 is 51.1. The van der Waals surface area contributed by atoms with Gasteiger partial charge >= 0.3 is 6.18 Å². The minimum absolute atomic E-state index is 0.00204. The fraction of sp³-hybridized carbons (Fsp3) is 0.455. The molecule has 1 aromatic carbocycles. The molecule has 3 aromatic rings. The number of aromatic nitrogens is 3. The molecule has 0 aliphatic carbocycles. The van der Waals surface area contributed by atoms with E-state index < -0.39 is 11.9 Å². The maximum Gasteiger partial charge on any atom is 0.431 e. The van der Waals surface area contributed by atoms with Gasteiger partial charge in [-0.1, -0.05) is 18.2 Å². The molecular weight excluding hydrogens is 423 g/mol. The Balaban J connectivity index is 1.50. The van der Waals surface area contributed by atoms with Crippen LogP contribution in [0.5, 0.6) is 5.75 Å². The lowest BCUT2D eigenvalue weighted by Crippen LogP contribution is -2.47. The number of alkyl halides is 3. The Morgan fingerprint density at radius 3 is 2.94 bits per heavy atom. The fourth-order valence-electron chi connectivity index (χ4n) is 4.73. The molecule has 2 N–H and O–H groups in total. The number of rotatable bonds is 5. The van der Waals surface area contributed by atoms with Crippen molar-refractivity contribution in [3.63, 3.8) is 0 Å². The predicted molar refractivity (Wildman–Crippen MR) is 113 cm³/mol. The van der Waals surface area contributed by atoms with Crippen molar-refractivity contribution in [3.05, 3.63) is 47.9 Å². The number of nitrogens with one attached hydrogen (secondary N) is 2. The second-order valence-electron chi connectivity index (χ2n) is 8.31. The van der Waals surface area contributed by atoms with Crippen molar-refractivity contribution >= 4 is 16.9 Å². The first kappa shape index (κ1) is 21.0. The molecule has 0 amide bonds. The monoisotopic (exact) mass is 447 g/mol. The molecule has 0 radical (unpaired) electrons. The second kappa shape index (κ2) is 8.25. The maximum atomic E-state index is 13.2. The normalized spacial score (nSPS) is 23.8. The molecule has 1 fully saturated rings. The molecule has 4 heterocycles. The molecule has 32 heavy (non-hydrogen) atoms. The number of H-pyrrole nitrogens is 1. The van der Waals surface area contributed by atoms with Gasteiger partial charge in [0.25, 0.3) is 0 Å². The summed E-state index contributed by atoms with van der Waals surface area (Å²) in [7, 11) is 1.71. The Kier molecular flexibility index (Phi) is 5.42. The highest BCUT2D eigenvalue weighted by atomic mass is 19.4. The van der Waals surface area contributed by atoms with Gasteiger partial charge in [0.1, 0.15) is 35.8 Å². The molecule has 3 atom stereocenters. The van der Waals surface area contributed by atoms with Gasteiger partial charge in [-0.3, -0.25) is 4.90 Å². The van der Waals surface area contributed by atoms with Crippen LogP contribution in [0.1, 0.15) is 23.7 Å². The number of para-hydroxylation sites is 1. The number of anilines is 1. The van der Waals surface area contributed by atoms with Crippen LogP contribution in [-0.2, 0) is 10.9 Å². The van der Waals surface area contributed by atoms with Crippen molar-refractivity contribution in [2.75, 3.05) is 38.7 Å². The third kappa shape index (κ3) is 3.88. The van der Waals surface area contributed by atoms with Crippen LogP contribution >= 0.6 is 0 Å². The molecular formula is C22H24F3N5O2. The molecule has 10 heteroatoms. The Morgan fingerprint density at radius 1 is 1.28 bits per heavy atom. The molecule has 2 aromatic heterocycles. The Morgan fingerprint density at radius 2 is 2.12 bits per heavy atom. The van der Waals surface area contributed by atoms with E-state index in [0.717, 1.165) is 36.9 Å². The van der Waals surface area contributed by atoms with E-state index in [1.807, 2.05) is 24.3 Å². The van der Waals surface area contributed by atoms with Crippen molar-refractivity contribution in [1.29, 1.82) is 0 Å². The fourth-order valence-corrected chi connectivity index (χ4v) is 4.73. The van der Waals surface area contributed by atoms with E-state index in [1.54, 1.807) is 7.11 Å². The van der Waals surface area contributed by atoms with Crippen LogP contribution in [0.2, 0.25) is 0 Å². The van der Waals surface area contributed by atoms with Crippen molar-refractivity contribution in [2.45, 2.75) is 24.7 Å². The molecule has 170 valence electrons. The van der Waals surface area contributed by atoms with Gasteiger partial charge in [-0.2, -0.15) is 13.2 Å². The molecule has 5 rings (SSSR count). The molecule has 0 unspecified atom stereocenters. The van der Waals surface area contributed by atoms with Crippen LogP contribution in [0, 0.1) is 5.92 Å². The standard InChI is InChI=1S/C22H24F3N5O2/c1-31-10-13-6-7-30(9-13)16-11-32-17-5-3-2-4-14(17)19(16)29-21-15-8-18(22(23,24)25)28-20(15)26-12-27-21/h2-5,8,12-13,16,19H,6-7,9-11H2,1H3,(H2,26,27,28,29)/t13-,16-,19-/m0/s1. The number of ether oxygens (including phenoxy) is 2. The quantitative estimate of drug-likeness (QED) is 0.619. The van der Waals surface area contributed by atoms with Crippen LogP contribution in [0.15, 0.2) is 36.7 Å². The van der Waals surface area contributed by atoms with Crippen molar-refractivity contribution in [2.24, 2.45) is 5.92 Å². The lowest BCUT2D eigenvalue weighted by atomic mass is 9.95. The Labute approximate surface area is 182 Å². The molecule has 1 saturated heterocycles. The Hall–Kier alpha value is -2.85. The minimum atomic E-state index is -4.49. The third-order valence-corrected chi connectivity index (χ3v) is 6.26. The minimum Gasteiger partial charge on any atom is -0.491 e. The molecule has 2 aliphatic heterocycles. The highest BCUT2D eigenvalue weighted by molar-refractivity contribution is 5.88. The first-order valence-electron chi connectivity index (χ1n) is 10.6. The zero-order chi connectivity index (χ0) is 22.3. The average molecular weight is 447 g/mol. The first-order valence-corrected chi connectivity index (χ1v) is 10.6. The number of hydrogen-bond donors (Lipinski definition) is 2. The van der Waals surface area contributed by atoms with E-state index in [-0.39, 0.29) is 17.7 Å². The van der Waals surface area contributed by atoms with Gasteiger partial charge in [0, 0.05) is 19.2 Å². The summed E-state index contributed by atoms with van der Waals surface area (Å²) >= 11 is 0. The molecule has 0 bridgehead atoms. The van der Waals surface area contributed by atoms with E-state index in [4.69, 9.17) is 9.47 Å². The van der Waals surface area contributed by atoms with Crippen molar-refractivity contribution < 1.29 is 22.6 Å². The number of likely N-dealkylation sites (tertiary alicyclic amines) is 1. The Bertz CT molecular complexity index is 1100. The van der Waals surface area contributed by atoms with E-state index >= 15 is 0 Å². The number of nitrogens with zero attached hydrogens (tertiary/aromatic N) is 3. The SMILES string of the molecule is COC[C@H]1CCN([C@H]2COc3ccccc3[C@@H]2Nc2ncnc3[nH]c(C(F)(F)F)cc23)C1. The lowest BCUT2D eigenvalue weighted by Gasteiger charge is -2.39. The van der Waals surface area contributed by atoms with Crippen LogP contribution in [0.4, 0.5) is 19.0 Å². The van der Waals surface area contributed by atoms with Crippen molar-refractivity contribution in [3.8, 4) is 5.75 Å². The van der Waals surface area contributed by atoms with E-state index in [9.17, 15) is 13.2 Å². The number of aromatic amines is 1. The maximum absolute atomic E-state index is 13.2. The predicted octanol–water partition coefficient (Wildman–Crippen LogP) is 3.86. The number of methoxy groups -OCH3 is 1. The highest BCUT2D eigenvalue weighted by Gasteiger charge is 2.39. The van der Waals surface area contributed by atoms with E-state index in [1.165, 1.54) is 6.33 Å². The molecule has 0 spiro atoms. The number of halogens is 3. The van der Waals surface area contributed by atoms with Gasteiger partial charge in [-0.05, 0) is 31.0 Å². The van der Waals surface area contributed by atoms with Gasteiger partial charge in [0.05, 0.1) is 24.1 Å². The summed E-state index contributed by atoms with van der Waals surface area (Å²) in [5.74, 6) is 1.58. The average Bonchev–Trinajstić information content (AvgIpc) is 3.42. The first-order chi connectivity index (χ1) is 15.4. The zero-order valence-corrected chi connectivity index (χ0v) is 17.5. The van der Waals surface area contributed by atoms with Crippen LogP contribution in [0.3, 0.4) is 0 Å². The summed E-state index contributed by atoms with van der Waals surface area (Å²) in [5.41, 5.74) is 0.257. The van der Waals surface area contributed by atoms with Crippen LogP contribution in [-0.4, -0.2) is 59.3 Å². The second-order valence-corrected chi connectivity index (χ2v) is 8.31. The van der Waals surface area contributed by atoms with Gasteiger partial charge in [-0.25, -0.2) is 9.97 Å². The largest absolute Gasteiger partial charge is 0.491 e. The summed E-state index contributed by atoms with van der Waals surface area (Å²) in [6.45, 7) is 2.96. The van der Waals surface area contributed by atoms with Gasteiger partial charge in [0.15, 0.2) is 0 Å². The number of benzene rings is 1.